The van der Waals surface area contributed by atoms with Crippen LogP contribution in [-0.2, 0) is 17.8 Å². The molecule has 1 amide bonds. The zero-order valence-corrected chi connectivity index (χ0v) is 9.57. The van der Waals surface area contributed by atoms with E-state index in [4.69, 9.17) is 0 Å². The summed E-state index contributed by atoms with van der Waals surface area (Å²) in [6.45, 7) is 0.696. The van der Waals surface area contributed by atoms with Gasteiger partial charge in [0.25, 0.3) is 0 Å². The van der Waals surface area contributed by atoms with Gasteiger partial charge in [0.1, 0.15) is 0 Å². The number of hydrogen-bond acceptors (Lipinski definition) is 2. The van der Waals surface area contributed by atoms with E-state index in [0.717, 1.165) is 24.8 Å². The smallest absolute Gasteiger partial charge is 0.221 e. The van der Waals surface area contributed by atoms with Crippen LogP contribution in [0.1, 0.15) is 36.6 Å². The predicted octanol–water partition coefficient (Wildman–Crippen LogP) is 0.994. The molecule has 1 aliphatic carbocycles. The number of amides is 1. The Kier molecular flexibility index (Phi) is 3.29. The van der Waals surface area contributed by atoms with Crippen LogP contribution in [0.5, 0.6) is 0 Å². The van der Waals surface area contributed by atoms with Gasteiger partial charge < -0.3 is 15.0 Å². The molecule has 0 spiro atoms. The van der Waals surface area contributed by atoms with Crippen molar-refractivity contribution in [1.82, 2.24) is 9.88 Å². The molecular weight excluding hydrogens is 204 g/mol. The molecule has 0 fully saturated rings. The van der Waals surface area contributed by atoms with E-state index in [1.807, 2.05) is 12.3 Å². The Morgan fingerprint density at radius 1 is 1.69 bits per heavy atom. The fourth-order valence-electron chi connectivity index (χ4n) is 2.29. The van der Waals surface area contributed by atoms with E-state index in [-0.39, 0.29) is 12.0 Å². The Morgan fingerprint density at radius 3 is 3.25 bits per heavy atom. The topological polar surface area (TPSA) is 54.3 Å². The van der Waals surface area contributed by atoms with E-state index < -0.39 is 0 Å². The van der Waals surface area contributed by atoms with E-state index in [1.165, 1.54) is 5.69 Å². The van der Waals surface area contributed by atoms with Gasteiger partial charge >= 0.3 is 0 Å². The highest BCUT2D eigenvalue weighted by Gasteiger charge is 2.20. The fraction of sp³-hybridized carbons (Fsp3) is 0.583. The summed E-state index contributed by atoms with van der Waals surface area (Å²) in [6.07, 6.45) is 5.04. The summed E-state index contributed by atoms with van der Waals surface area (Å²) in [6, 6.07) is 1.98. The number of nitrogens with one attached hydrogen (secondary N) is 1. The number of aryl methyl sites for hydroxylation is 1. The second-order valence-electron chi connectivity index (χ2n) is 4.24. The number of aromatic nitrogens is 1. The van der Waals surface area contributed by atoms with Crippen molar-refractivity contribution in [3.05, 3.63) is 23.5 Å². The summed E-state index contributed by atoms with van der Waals surface area (Å²) in [5.74, 6) is 0.0545. The van der Waals surface area contributed by atoms with E-state index >= 15 is 0 Å². The minimum absolute atomic E-state index is 0.0545. The number of carbonyl (C=O) groups excluding carboxylic acids is 1. The number of aliphatic hydroxyl groups excluding tert-OH is 1. The maximum atomic E-state index is 11.2. The van der Waals surface area contributed by atoms with Crippen molar-refractivity contribution in [2.45, 2.75) is 38.3 Å². The maximum absolute atomic E-state index is 11.2. The summed E-state index contributed by atoms with van der Waals surface area (Å²) in [7, 11) is 1.65. The van der Waals surface area contributed by atoms with Gasteiger partial charge in [0.15, 0.2) is 0 Å². The van der Waals surface area contributed by atoms with E-state index in [2.05, 4.69) is 9.88 Å². The third-order valence-corrected chi connectivity index (χ3v) is 3.22. The monoisotopic (exact) mass is 222 g/mol. The first kappa shape index (κ1) is 11.2. The summed E-state index contributed by atoms with van der Waals surface area (Å²) >= 11 is 0. The molecule has 1 atom stereocenters. The molecule has 0 aliphatic heterocycles. The number of fused-ring (bicyclic) bond motifs is 1. The molecular formula is C12H18N2O2. The van der Waals surface area contributed by atoms with Crippen molar-refractivity contribution in [3.8, 4) is 0 Å². The third kappa shape index (κ3) is 2.11. The Bertz CT molecular complexity index is 384. The van der Waals surface area contributed by atoms with Gasteiger partial charge in [-0.05, 0) is 25.3 Å². The van der Waals surface area contributed by atoms with Gasteiger partial charge in [0, 0.05) is 37.5 Å². The molecule has 1 unspecified atom stereocenters. The van der Waals surface area contributed by atoms with Gasteiger partial charge in [-0.25, -0.2) is 0 Å². The average molecular weight is 222 g/mol. The normalized spacial score (nSPS) is 19.2. The lowest BCUT2D eigenvalue weighted by Crippen LogP contribution is -2.20. The van der Waals surface area contributed by atoms with Gasteiger partial charge in [0.05, 0.1) is 6.10 Å². The molecule has 0 bridgehead atoms. The first-order valence-corrected chi connectivity index (χ1v) is 5.79. The molecule has 16 heavy (non-hydrogen) atoms. The summed E-state index contributed by atoms with van der Waals surface area (Å²) < 4.78 is 2.09. The maximum Gasteiger partial charge on any atom is 0.221 e. The lowest BCUT2D eigenvalue weighted by molar-refractivity contribution is -0.120. The van der Waals surface area contributed by atoms with E-state index in [0.29, 0.717) is 13.0 Å². The summed E-state index contributed by atoms with van der Waals surface area (Å²) in [5, 5.41) is 12.4. The molecule has 1 aromatic rings. The van der Waals surface area contributed by atoms with Crippen molar-refractivity contribution >= 4 is 5.91 Å². The van der Waals surface area contributed by atoms with Crippen molar-refractivity contribution in [1.29, 1.82) is 0 Å². The van der Waals surface area contributed by atoms with Crippen LogP contribution in [0.3, 0.4) is 0 Å². The van der Waals surface area contributed by atoms with E-state index in [1.54, 1.807) is 7.05 Å². The lowest BCUT2D eigenvalue weighted by atomic mass is 9.95. The number of hydrogen-bond donors (Lipinski definition) is 2. The minimum Gasteiger partial charge on any atom is -0.388 e. The predicted molar refractivity (Wildman–Crippen MR) is 61.0 cm³/mol. The van der Waals surface area contributed by atoms with Crippen molar-refractivity contribution in [3.63, 3.8) is 0 Å². The fourth-order valence-corrected chi connectivity index (χ4v) is 2.29. The molecule has 0 saturated heterocycles. The van der Waals surface area contributed by atoms with Crippen LogP contribution in [0.15, 0.2) is 12.3 Å². The molecule has 0 saturated carbocycles. The minimum atomic E-state index is -0.315. The van der Waals surface area contributed by atoms with E-state index in [9.17, 15) is 9.90 Å². The molecule has 0 radical (unpaired) electrons. The van der Waals surface area contributed by atoms with Gasteiger partial charge in [-0.1, -0.05) is 0 Å². The zero-order valence-electron chi connectivity index (χ0n) is 9.57. The van der Waals surface area contributed by atoms with Gasteiger partial charge in [-0.3, -0.25) is 4.79 Å². The Labute approximate surface area is 95.3 Å². The Hall–Kier alpha value is -1.29. The molecule has 4 heteroatoms. The first-order valence-electron chi connectivity index (χ1n) is 5.79. The SMILES string of the molecule is CNC(=O)CCn1ccc2c1CCCC2O. The second-order valence-corrected chi connectivity index (χ2v) is 4.24. The second kappa shape index (κ2) is 4.70. The highest BCUT2D eigenvalue weighted by Crippen LogP contribution is 2.30. The van der Waals surface area contributed by atoms with Crippen molar-refractivity contribution < 1.29 is 9.90 Å². The highest BCUT2D eigenvalue weighted by atomic mass is 16.3. The number of rotatable bonds is 3. The summed E-state index contributed by atoms with van der Waals surface area (Å²) in [5.41, 5.74) is 2.24. The highest BCUT2D eigenvalue weighted by molar-refractivity contribution is 5.75. The Balaban J connectivity index is 2.08. The van der Waals surface area contributed by atoms with Crippen LogP contribution in [0, 0.1) is 0 Å². The van der Waals surface area contributed by atoms with Crippen molar-refractivity contribution in [2.75, 3.05) is 7.05 Å². The van der Waals surface area contributed by atoms with Crippen LogP contribution in [0.2, 0.25) is 0 Å². The quantitative estimate of drug-likeness (QED) is 0.801. The molecule has 4 nitrogen and oxygen atoms in total. The van der Waals surface area contributed by atoms with Crippen LogP contribution in [-0.4, -0.2) is 22.6 Å². The lowest BCUT2D eigenvalue weighted by Gasteiger charge is -2.20. The molecule has 1 heterocycles. The molecule has 1 aliphatic rings. The zero-order chi connectivity index (χ0) is 11.5. The molecule has 2 N–H and O–H groups in total. The Morgan fingerprint density at radius 2 is 2.50 bits per heavy atom. The van der Waals surface area contributed by atoms with Crippen molar-refractivity contribution in [2.24, 2.45) is 0 Å². The molecule has 0 aromatic carbocycles. The standard InChI is InChI=1S/C12H18N2O2/c1-13-12(16)6-8-14-7-5-9-10(14)3-2-4-11(9)15/h5,7,11,15H,2-4,6,8H2,1H3,(H,13,16). The third-order valence-electron chi connectivity index (χ3n) is 3.22. The number of nitrogens with zero attached hydrogens (tertiary/aromatic N) is 1. The molecule has 1 aromatic heterocycles. The summed E-state index contributed by atoms with van der Waals surface area (Å²) in [4.78, 5) is 11.2. The average Bonchev–Trinajstić information content (AvgIpc) is 2.70. The van der Waals surface area contributed by atoms with Crippen LogP contribution in [0.4, 0.5) is 0 Å². The molecule has 2 rings (SSSR count). The number of carbonyl (C=O) groups is 1. The van der Waals surface area contributed by atoms with Gasteiger partial charge in [-0.15, -0.1) is 0 Å². The van der Waals surface area contributed by atoms with Crippen LogP contribution >= 0.6 is 0 Å². The largest absolute Gasteiger partial charge is 0.388 e. The van der Waals surface area contributed by atoms with Crippen LogP contribution < -0.4 is 5.32 Å². The van der Waals surface area contributed by atoms with Gasteiger partial charge in [-0.2, -0.15) is 0 Å². The van der Waals surface area contributed by atoms with Crippen LogP contribution in [0.25, 0.3) is 0 Å². The first-order chi connectivity index (χ1) is 7.72. The van der Waals surface area contributed by atoms with Gasteiger partial charge in [0.2, 0.25) is 5.91 Å². The number of aliphatic hydroxyl groups is 1. The molecule has 88 valence electrons.